The zero-order chi connectivity index (χ0) is 14.5. The maximum Gasteiger partial charge on any atom is 0.212 e. The number of hydrogen-bond acceptors (Lipinski definition) is 5. The van der Waals surface area contributed by atoms with Crippen molar-refractivity contribution in [1.82, 2.24) is 10.0 Å². The monoisotopic (exact) mass is 312 g/mol. The molecule has 1 fully saturated rings. The van der Waals surface area contributed by atoms with Gasteiger partial charge in [-0.1, -0.05) is 13.3 Å². The summed E-state index contributed by atoms with van der Waals surface area (Å²) in [5.74, 6) is -0.223. The second-order valence-electron chi connectivity index (χ2n) is 5.17. The van der Waals surface area contributed by atoms with Gasteiger partial charge in [0, 0.05) is 18.8 Å². The van der Waals surface area contributed by atoms with Crippen LogP contribution < -0.4 is 10.0 Å². The first-order chi connectivity index (χ1) is 8.73. The van der Waals surface area contributed by atoms with Crippen LogP contribution in [-0.4, -0.2) is 53.7 Å². The second kappa shape index (κ2) is 7.01. The molecular weight excluding hydrogens is 288 g/mol. The van der Waals surface area contributed by atoms with Crippen molar-refractivity contribution < 1.29 is 16.8 Å². The third-order valence-corrected chi connectivity index (χ3v) is 6.05. The van der Waals surface area contributed by atoms with Crippen LogP contribution in [0.4, 0.5) is 0 Å². The van der Waals surface area contributed by atoms with Gasteiger partial charge >= 0.3 is 0 Å². The van der Waals surface area contributed by atoms with E-state index in [1.165, 1.54) is 0 Å². The van der Waals surface area contributed by atoms with Gasteiger partial charge in [-0.25, -0.2) is 21.6 Å². The van der Waals surface area contributed by atoms with Crippen molar-refractivity contribution in [3.05, 3.63) is 0 Å². The van der Waals surface area contributed by atoms with E-state index in [9.17, 15) is 16.8 Å². The second-order valence-corrected chi connectivity index (χ2v) is 9.35. The van der Waals surface area contributed by atoms with Gasteiger partial charge in [-0.05, 0) is 25.3 Å². The normalized spacial score (nSPS) is 25.4. The minimum atomic E-state index is -3.51. The summed E-state index contributed by atoms with van der Waals surface area (Å²) in [4.78, 5) is 0. The Kier molecular flexibility index (Phi) is 6.22. The highest BCUT2D eigenvalue weighted by Gasteiger charge is 2.24. The predicted octanol–water partition coefficient (Wildman–Crippen LogP) is -0.271. The third-order valence-electron chi connectivity index (χ3n) is 3.50. The number of nitrogens with one attached hydrogen (secondary N) is 2. The molecule has 2 atom stereocenters. The number of rotatable bonds is 7. The molecule has 0 amide bonds. The Morgan fingerprint density at radius 3 is 2.47 bits per heavy atom. The lowest BCUT2D eigenvalue weighted by molar-refractivity contribution is 0.273. The van der Waals surface area contributed by atoms with Crippen molar-refractivity contribution in [2.75, 3.05) is 30.9 Å². The van der Waals surface area contributed by atoms with Crippen LogP contribution in [0.15, 0.2) is 0 Å². The smallest absolute Gasteiger partial charge is 0.212 e. The topological polar surface area (TPSA) is 92.3 Å². The predicted molar refractivity (Wildman–Crippen MR) is 76.3 cm³/mol. The number of piperidine rings is 1. The summed E-state index contributed by atoms with van der Waals surface area (Å²) in [6.45, 7) is 3.35. The molecule has 0 aromatic rings. The van der Waals surface area contributed by atoms with Crippen LogP contribution in [0.1, 0.15) is 26.2 Å². The zero-order valence-corrected chi connectivity index (χ0v) is 13.2. The molecule has 2 unspecified atom stereocenters. The van der Waals surface area contributed by atoms with Gasteiger partial charge in [0.15, 0.2) is 0 Å². The standard InChI is InChI=1S/C11H24N2O4S2/c1-3-10-5-4-6-12-11(10)9-13-19(16,17)8-7-18(2,14)15/h10-13H,3-9H2,1-2H3. The van der Waals surface area contributed by atoms with E-state index < -0.39 is 19.9 Å². The average molecular weight is 312 g/mol. The fourth-order valence-corrected chi connectivity index (χ4v) is 4.96. The van der Waals surface area contributed by atoms with Gasteiger partial charge in [0.2, 0.25) is 10.0 Å². The molecule has 0 aromatic carbocycles. The lowest BCUT2D eigenvalue weighted by atomic mass is 9.89. The molecule has 1 aliphatic heterocycles. The van der Waals surface area contributed by atoms with E-state index in [-0.39, 0.29) is 17.5 Å². The highest BCUT2D eigenvalue weighted by Crippen LogP contribution is 2.19. The van der Waals surface area contributed by atoms with Crippen LogP contribution in [0.2, 0.25) is 0 Å². The molecule has 0 aromatic heterocycles. The molecular formula is C11H24N2O4S2. The van der Waals surface area contributed by atoms with E-state index in [4.69, 9.17) is 0 Å². The van der Waals surface area contributed by atoms with Crippen molar-refractivity contribution in [1.29, 1.82) is 0 Å². The molecule has 1 saturated heterocycles. The first kappa shape index (κ1) is 16.9. The lowest BCUT2D eigenvalue weighted by Gasteiger charge is -2.32. The highest BCUT2D eigenvalue weighted by molar-refractivity contribution is 7.93. The van der Waals surface area contributed by atoms with Crippen LogP contribution in [0, 0.1) is 5.92 Å². The maximum absolute atomic E-state index is 11.7. The Morgan fingerprint density at radius 2 is 1.89 bits per heavy atom. The Balaban J connectivity index is 2.45. The molecule has 0 saturated carbocycles. The highest BCUT2D eigenvalue weighted by atomic mass is 32.2. The molecule has 1 heterocycles. The largest absolute Gasteiger partial charge is 0.312 e. The summed E-state index contributed by atoms with van der Waals surface area (Å²) in [6.07, 6.45) is 4.29. The molecule has 114 valence electrons. The van der Waals surface area contributed by atoms with Crippen molar-refractivity contribution in [3.8, 4) is 0 Å². The average Bonchev–Trinajstić information content (AvgIpc) is 2.34. The molecule has 0 radical (unpaired) electrons. The van der Waals surface area contributed by atoms with Gasteiger partial charge < -0.3 is 5.32 Å². The van der Waals surface area contributed by atoms with E-state index in [0.29, 0.717) is 12.5 Å². The maximum atomic E-state index is 11.7. The molecule has 0 spiro atoms. The SMILES string of the molecule is CCC1CCCNC1CNS(=O)(=O)CCS(C)(=O)=O. The lowest BCUT2D eigenvalue weighted by Crippen LogP contribution is -2.49. The number of sulfone groups is 1. The van der Waals surface area contributed by atoms with Gasteiger partial charge in [-0.2, -0.15) is 0 Å². The molecule has 1 rings (SSSR count). The minimum absolute atomic E-state index is 0.145. The Hall–Kier alpha value is -0.180. The summed E-state index contributed by atoms with van der Waals surface area (Å²) in [5.41, 5.74) is 0. The van der Waals surface area contributed by atoms with Gasteiger partial charge in [0.25, 0.3) is 0 Å². The van der Waals surface area contributed by atoms with E-state index in [1.807, 2.05) is 0 Å². The number of hydrogen-bond donors (Lipinski definition) is 2. The van der Waals surface area contributed by atoms with E-state index in [0.717, 1.165) is 32.1 Å². The zero-order valence-electron chi connectivity index (χ0n) is 11.6. The van der Waals surface area contributed by atoms with Gasteiger partial charge in [-0.15, -0.1) is 0 Å². The molecule has 0 bridgehead atoms. The molecule has 6 nitrogen and oxygen atoms in total. The van der Waals surface area contributed by atoms with Crippen molar-refractivity contribution >= 4 is 19.9 Å². The molecule has 0 aliphatic carbocycles. The summed E-state index contributed by atoms with van der Waals surface area (Å²) < 4.78 is 47.9. The molecule has 19 heavy (non-hydrogen) atoms. The molecule has 8 heteroatoms. The minimum Gasteiger partial charge on any atom is -0.312 e. The Morgan fingerprint density at radius 1 is 1.21 bits per heavy atom. The van der Waals surface area contributed by atoms with Crippen molar-refractivity contribution in [3.63, 3.8) is 0 Å². The van der Waals surface area contributed by atoms with Crippen LogP contribution in [-0.2, 0) is 19.9 Å². The van der Waals surface area contributed by atoms with Crippen molar-refractivity contribution in [2.24, 2.45) is 5.92 Å². The summed E-state index contributed by atoms with van der Waals surface area (Å²) in [6, 6.07) is 0.145. The van der Waals surface area contributed by atoms with Crippen molar-refractivity contribution in [2.45, 2.75) is 32.2 Å². The van der Waals surface area contributed by atoms with Crippen LogP contribution in [0.5, 0.6) is 0 Å². The molecule has 2 N–H and O–H groups in total. The Bertz CT molecular complexity index is 473. The summed E-state index contributed by atoms with van der Waals surface area (Å²) in [5, 5.41) is 3.32. The Labute approximate surface area is 116 Å². The van der Waals surface area contributed by atoms with Crippen LogP contribution >= 0.6 is 0 Å². The first-order valence-electron chi connectivity index (χ1n) is 6.62. The van der Waals surface area contributed by atoms with E-state index in [2.05, 4.69) is 17.0 Å². The fourth-order valence-electron chi connectivity index (χ4n) is 2.30. The van der Waals surface area contributed by atoms with E-state index in [1.54, 1.807) is 0 Å². The molecule has 1 aliphatic rings. The quantitative estimate of drug-likeness (QED) is 0.675. The van der Waals surface area contributed by atoms with Crippen LogP contribution in [0.3, 0.4) is 0 Å². The summed E-state index contributed by atoms with van der Waals surface area (Å²) in [7, 11) is -6.77. The van der Waals surface area contributed by atoms with Crippen LogP contribution in [0.25, 0.3) is 0 Å². The van der Waals surface area contributed by atoms with Gasteiger partial charge in [-0.3, -0.25) is 0 Å². The summed E-state index contributed by atoms with van der Waals surface area (Å²) >= 11 is 0. The van der Waals surface area contributed by atoms with Gasteiger partial charge in [0.05, 0.1) is 11.5 Å². The number of sulfonamides is 1. The fraction of sp³-hybridized carbons (Fsp3) is 1.00. The third kappa shape index (κ3) is 6.69. The first-order valence-corrected chi connectivity index (χ1v) is 10.3. The van der Waals surface area contributed by atoms with Gasteiger partial charge in [0.1, 0.15) is 9.84 Å². The van der Waals surface area contributed by atoms with E-state index >= 15 is 0 Å².